The maximum Gasteiger partial charge on any atom is 0.292 e. The van der Waals surface area contributed by atoms with Crippen LogP contribution in [0.3, 0.4) is 0 Å². The summed E-state index contributed by atoms with van der Waals surface area (Å²) in [5.74, 6) is 0.676. The van der Waals surface area contributed by atoms with Crippen molar-refractivity contribution in [2.75, 3.05) is 5.32 Å². The fraction of sp³-hybridized carbons (Fsp3) is 0.167. The molecular weight excluding hydrogens is 380 g/mol. The van der Waals surface area contributed by atoms with Crippen LogP contribution in [0, 0.1) is 17.0 Å². The van der Waals surface area contributed by atoms with Crippen molar-refractivity contribution in [2.24, 2.45) is 0 Å². The number of benzene rings is 1. The second kappa shape index (κ2) is 5.75. The van der Waals surface area contributed by atoms with Crippen molar-refractivity contribution in [1.82, 2.24) is 0 Å². The highest BCUT2D eigenvalue weighted by Gasteiger charge is 2.14. The van der Waals surface area contributed by atoms with Crippen molar-refractivity contribution in [3.05, 3.63) is 54.8 Å². The summed E-state index contributed by atoms with van der Waals surface area (Å²) in [4.78, 5) is 10.5. The van der Waals surface area contributed by atoms with Crippen LogP contribution in [-0.2, 0) is 6.54 Å². The van der Waals surface area contributed by atoms with E-state index in [1.54, 1.807) is 18.2 Å². The topological polar surface area (TPSA) is 68.3 Å². The zero-order valence-corrected chi connectivity index (χ0v) is 13.1. The highest BCUT2D eigenvalue weighted by molar-refractivity contribution is 9.13. The number of furan rings is 1. The molecule has 5 nitrogen and oxygen atoms in total. The number of nitro benzene ring substituents is 1. The molecule has 0 unspecified atom stereocenters. The van der Waals surface area contributed by atoms with Crippen LogP contribution in [0.1, 0.15) is 11.3 Å². The van der Waals surface area contributed by atoms with Crippen LogP contribution < -0.4 is 5.32 Å². The van der Waals surface area contributed by atoms with E-state index in [0.717, 1.165) is 10.0 Å². The van der Waals surface area contributed by atoms with Gasteiger partial charge in [-0.25, -0.2) is 0 Å². The summed E-state index contributed by atoms with van der Waals surface area (Å²) < 4.78 is 6.81. The average Bonchev–Trinajstić information content (AvgIpc) is 2.66. The summed E-state index contributed by atoms with van der Waals surface area (Å²) in [5, 5.41) is 13.9. The standard InChI is InChI=1S/C12H10Br2N2O3/c1-7-2-3-11(16(17)18)10(4-7)15-6-8-5-9(13)12(14)19-8/h2-5,15H,6H2,1H3. The van der Waals surface area contributed by atoms with Gasteiger partial charge in [-0.3, -0.25) is 10.1 Å². The molecule has 0 spiro atoms. The van der Waals surface area contributed by atoms with E-state index >= 15 is 0 Å². The molecule has 1 aromatic carbocycles. The summed E-state index contributed by atoms with van der Waals surface area (Å²) in [6.07, 6.45) is 0. The smallest absolute Gasteiger partial charge is 0.292 e. The van der Waals surface area contributed by atoms with Crippen molar-refractivity contribution < 1.29 is 9.34 Å². The minimum atomic E-state index is -0.407. The van der Waals surface area contributed by atoms with Gasteiger partial charge in [-0.15, -0.1) is 0 Å². The lowest BCUT2D eigenvalue weighted by atomic mass is 10.2. The molecule has 0 saturated heterocycles. The van der Waals surface area contributed by atoms with E-state index in [1.807, 2.05) is 6.92 Å². The van der Waals surface area contributed by atoms with E-state index in [2.05, 4.69) is 37.2 Å². The molecule has 2 rings (SSSR count). The fourth-order valence-corrected chi connectivity index (χ4v) is 2.27. The van der Waals surface area contributed by atoms with Gasteiger partial charge in [0.25, 0.3) is 5.69 Å². The third-order valence-corrected chi connectivity index (χ3v) is 4.21. The Morgan fingerprint density at radius 1 is 1.37 bits per heavy atom. The molecule has 19 heavy (non-hydrogen) atoms. The predicted octanol–water partition coefficient (Wildman–Crippen LogP) is 4.63. The van der Waals surface area contributed by atoms with Crippen LogP contribution in [0.4, 0.5) is 11.4 Å². The van der Waals surface area contributed by atoms with Gasteiger partial charge in [0.05, 0.1) is 15.9 Å². The van der Waals surface area contributed by atoms with Crippen LogP contribution in [0.2, 0.25) is 0 Å². The first kappa shape index (κ1) is 14.1. The van der Waals surface area contributed by atoms with E-state index in [4.69, 9.17) is 4.42 Å². The van der Waals surface area contributed by atoms with E-state index in [1.165, 1.54) is 6.07 Å². The van der Waals surface area contributed by atoms with Crippen molar-refractivity contribution in [1.29, 1.82) is 0 Å². The van der Waals surface area contributed by atoms with Gasteiger partial charge in [0.1, 0.15) is 11.4 Å². The van der Waals surface area contributed by atoms with Gasteiger partial charge in [-0.2, -0.15) is 0 Å². The lowest BCUT2D eigenvalue weighted by Crippen LogP contribution is -2.02. The minimum absolute atomic E-state index is 0.0512. The Hall–Kier alpha value is -1.34. The summed E-state index contributed by atoms with van der Waals surface area (Å²) >= 11 is 6.56. The van der Waals surface area contributed by atoms with E-state index in [0.29, 0.717) is 22.7 Å². The third kappa shape index (κ3) is 3.36. The zero-order valence-electron chi connectivity index (χ0n) is 9.94. The molecule has 7 heteroatoms. The number of rotatable bonds is 4. The van der Waals surface area contributed by atoms with Crippen LogP contribution in [0.5, 0.6) is 0 Å². The number of aryl methyl sites for hydroxylation is 1. The number of nitrogens with one attached hydrogen (secondary N) is 1. The molecule has 2 aromatic rings. The molecule has 0 fully saturated rings. The molecule has 0 aliphatic heterocycles. The van der Waals surface area contributed by atoms with Gasteiger partial charge in [-0.1, -0.05) is 6.07 Å². The molecule has 100 valence electrons. The first-order valence-corrected chi connectivity index (χ1v) is 6.98. The molecule has 1 N–H and O–H groups in total. The quantitative estimate of drug-likeness (QED) is 0.611. The SMILES string of the molecule is Cc1ccc([N+](=O)[O-])c(NCc2cc(Br)c(Br)o2)c1. The molecule has 0 aliphatic carbocycles. The Balaban J connectivity index is 2.19. The second-order valence-corrected chi connectivity index (χ2v) is 5.54. The molecule has 0 bridgehead atoms. The Morgan fingerprint density at radius 3 is 2.68 bits per heavy atom. The van der Waals surface area contributed by atoms with Crippen molar-refractivity contribution in [3.8, 4) is 0 Å². The summed E-state index contributed by atoms with van der Waals surface area (Å²) in [6, 6.07) is 6.75. The number of nitrogens with zero attached hydrogens (tertiary/aromatic N) is 1. The molecule has 0 radical (unpaired) electrons. The van der Waals surface area contributed by atoms with Crippen LogP contribution in [0.25, 0.3) is 0 Å². The van der Waals surface area contributed by atoms with Gasteiger partial charge >= 0.3 is 0 Å². The lowest BCUT2D eigenvalue weighted by Gasteiger charge is -2.06. The van der Waals surface area contributed by atoms with Gasteiger partial charge in [-0.05, 0) is 56.5 Å². The monoisotopic (exact) mass is 388 g/mol. The van der Waals surface area contributed by atoms with Gasteiger partial charge in [0.15, 0.2) is 4.67 Å². The number of anilines is 1. The average molecular weight is 390 g/mol. The molecule has 0 aliphatic rings. The zero-order chi connectivity index (χ0) is 14.0. The number of nitro groups is 1. The molecule has 0 atom stereocenters. The van der Waals surface area contributed by atoms with E-state index in [9.17, 15) is 10.1 Å². The van der Waals surface area contributed by atoms with Crippen LogP contribution in [-0.4, -0.2) is 4.92 Å². The maximum atomic E-state index is 10.9. The van der Waals surface area contributed by atoms with Crippen molar-refractivity contribution in [3.63, 3.8) is 0 Å². The number of halogens is 2. The Labute approximate surface area is 126 Å². The van der Waals surface area contributed by atoms with Crippen molar-refractivity contribution in [2.45, 2.75) is 13.5 Å². The molecule has 0 saturated carbocycles. The highest BCUT2D eigenvalue weighted by Crippen LogP contribution is 2.29. The third-order valence-electron chi connectivity index (χ3n) is 2.50. The summed E-state index contributed by atoms with van der Waals surface area (Å²) in [6.45, 7) is 2.25. The minimum Gasteiger partial charge on any atom is -0.451 e. The first-order valence-electron chi connectivity index (χ1n) is 5.40. The Morgan fingerprint density at radius 2 is 2.11 bits per heavy atom. The van der Waals surface area contributed by atoms with Crippen molar-refractivity contribution >= 4 is 43.2 Å². The highest BCUT2D eigenvalue weighted by atomic mass is 79.9. The maximum absolute atomic E-state index is 10.9. The first-order chi connectivity index (χ1) is 8.97. The van der Waals surface area contributed by atoms with Gasteiger partial charge < -0.3 is 9.73 Å². The van der Waals surface area contributed by atoms with Crippen LogP contribution in [0.15, 0.2) is 37.8 Å². The number of hydrogen-bond donors (Lipinski definition) is 1. The molecule has 0 amide bonds. The largest absolute Gasteiger partial charge is 0.451 e. The predicted molar refractivity (Wildman–Crippen MR) is 79.3 cm³/mol. The van der Waals surface area contributed by atoms with E-state index in [-0.39, 0.29) is 5.69 Å². The lowest BCUT2D eigenvalue weighted by molar-refractivity contribution is -0.384. The number of hydrogen-bond acceptors (Lipinski definition) is 4. The van der Waals surface area contributed by atoms with Crippen LogP contribution >= 0.6 is 31.9 Å². The molecule has 1 heterocycles. The van der Waals surface area contributed by atoms with Gasteiger partial charge in [0, 0.05) is 6.07 Å². The van der Waals surface area contributed by atoms with Gasteiger partial charge in [0.2, 0.25) is 0 Å². The Kier molecular flexibility index (Phi) is 4.26. The summed E-state index contributed by atoms with van der Waals surface area (Å²) in [7, 11) is 0. The summed E-state index contributed by atoms with van der Waals surface area (Å²) in [5.41, 5.74) is 1.49. The fourth-order valence-electron chi connectivity index (χ4n) is 1.61. The molecular formula is C12H10Br2N2O3. The second-order valence-electron chi connectivity index (χ2n) is 3.97. The normalized spacial score (nSPS) is 10.5. The molecule has 1 aromatic heterocycles. The van der Waals surface area contributed by atoms with E-state index < -0.39 is 4.92 Å². The Bertz CT molecular complexity index is 606.